The number of nitrogens with two attached hydrogens (primary N) is 1. The third-order valence-electron chi connectivity index (χ3n) is 2.87. The van der Waals surface area contributed by atoms with Crippen molar-refractivity contribution in [2.24, 2.45) is 0 Å². The molecule has 1 aromatic heterocycles. The fourth-order valence-electron chi connectivity index (χ4n) is 2.02. The normalized spacial score (nSPS) is 11.2. The average molecular weight is 298 g/mol. The van der Waals surface area contributed by atoms with E-state index >= 15 is 0 Å². The lowest BCUT2D eigenvalue weighted by Crippen LogP contribution is -2.01. The lowest BCUT2D eigenvalue weighted by atomic mass is 10.2. The number of aromatic nitrogens is 2. The predicted molar refractivity (Wildman–Crippen MR) is 70.4 cm³/mol. The summed E-state index contributed by atoms with van der Waals surface area (Å²) in [6, 6.07) is 5.65. The second-order valence-electron chi connectivity index (χ2n) is 4.16. The van der Waals surface area contributed by atoms with Crippen LogP contribution in [-0.2, 0) is 0 Å². The maximum atomic E-state index is 13.6. The molecule has 0 fully saturated rings. The zero-order valence-electron chi connectivity index (χ0n) is 9.87. The van der Waals surface area contributed by atoms with Gasteiger partial charge in [-0.25, -0.2) is 18.2 Å². The molecule has 0 amide bonds. The van der Waals surface area contributed by atoms with Gasteiger partial charge in [0, 0.05) is 12.1 Å². The van der Waals surface area contributed by atoms with Crippen molar-refractivity contribution in [2.75, 3.05) is 5.73 Å². The van der Waals surface area contributed by atoms with Crippen LogP contribution in [0.15, 0.2) is 30.3 Å². The van der Waals surface area contributed by atoms with E-state index < -0.39 is 17.5 Å². The highest BCUT2D eigenvalue weighted by atomic mass is 35.5. The van der Waals surface area contributed by atoms with Gasteiger partial charge in [-0.3, -0.25) is 4.57 Å². The monoisotopic (exact) mass is 297 g/mol. The SMILES string of the molecule is Nc1nc2c(F)cc(F)cc2n1-c1ccc(F)c(Cl)c1. The van der Waals surface area contributed by atoms with Crippen molar-refractivity contribution in [1.82, 2.24) is 9.55 Å². The van der Waals surface area contributed by atoms with Gasteiger partial charge in [0.15, 0.2) is 5.82 Å². The van der Waals surface area contributed by atoms with Gasteiger partial charge in [0.05, 0.1) is 16.2 Å². The smallest absolute Gasteiger partial charge is 0.206 e. The van der Waals surface area contributed by atoms with Crippen LogP contribution in [0.5, 0.6) is 0 Å². The molecule has 0 spiro atoms. The third-order valence-corrected chi connectivity index (χ3v) is 3.16. The van der Waals surface area contributed by atoms with Gasteiger partial charge in [0.2, 0.25) is 5.95 Å². The Bertz CT molecular complexity index is 829. The van der Waals surface area contributed by atoms with Crippen molar-refractivity contribution in [3.63, 3.8) is 0 Å². The molecule has 0 aliphatic rings. The van der Waals surface area contributed by atoms with E-state index in [2.05, 4.69) is 4.98 Å². The van der Waals surface area contributed by atoms with E-state index in [0.717, 1.165) is 18.2 Å². The largest absolute Gasteiger partial charge is 0.369 e. The zero-order chi connectivity index (χ0) is 14.4. The molecule has 0 radical (unpaired) electrons. The minimum Gasteiger partial charge on any atom is -0.369 e. The van der Waals surface area contributed by atoms with Crippen LogP contribution in [-0.4, -0.2) is 9.55 Å². The number of fused-ring (bicyclic) bond motifs is 1. The quantitative estimate of drug-likeness (QED) is 0.744. The molecular weight excluding hydrogens is 291 g/mol. The molecule has 0 bridgehead atoms. The summed E-state index contributed by atoms with van der Waals surface area (Å²) in [5.41, 5.74) is 6.16. The molecule has 3 aromatic rings. The Labute approximate surface area is 116 Å². The van der Waals surface area contributed by atoms with Crippen molar-refractivity contribution in [3.05, 3.63) is 52.8 Å². The standard InChI is InChI=1S/C13H7ClF3N3/c14-8-5-7(1-2-9(8)16)20-11-4-6(15)3-10(17)12(11)19-13(20)18/h1-5H,(H2,18,19). The Hall–Kier alpha value is -2.21. The third kappa shape index (κ3) is 1.89. The summed E-state index contributed by atoms with van der Waals surface area (Å²) in [7, 11) is 0. The van der Waals surface area contributed by atoms with Gasteiger partial charge in [-0.15, -0.1) is 0 Å². The summed E-state index contributed by atoms with van der Waals surface area (Å²) in [5, 5.41) is -0.124. The average Bonchev–Trinajstić information content (AvgIpc) is 2.70. The van der Waals surface area contributed by atoms with E-state index in [0.29, 0.717) is 5.69 Å². The van der Waals surface area contributed by atoms with Gasteiger partial charge < -0.3 is 5.73 Å². The maximum absolute atomic E-state index is 13.6. The molecule has 0 atom stereocenters. The molecule has 3 nitrogen and oxygen atoms in total. The lowest BCUT2D eigenvalue weighted by Gasteiger charge is -2.07. The first kappa shape index (κ1) is 12.8. The van der Waals surface area contributed by atoms with Crippen LogP contribution in [0.4, 0.5) is 19.1 Å². The van der Waals surface area contributed by atoms with Crippen molar-refractivity contribution >= 4 is 28.6 Å². The first-order chi connectivity index (χ1) is 9.47. The topological polar surface area (TPSA) is 43.8 Å². The van der Waals surface area contributed by atoms with Crippen LogP contribution >= 0.6 is 11.6 Å². The summed E-state index contributed by atoms with van der Waals surface area (Å²) in [6.07, 6.45) is 0. The number of hydrogen-bond donors (Lipinski definition) is 1. The zero-order valence-corrected chi connectivity index (χ0v) is 10.6. The molecule has 2 N–H and O–H groups in total. The summed E-state index contributed by atoms with van der Waals surface area (Å²) >= 11 is 5.70. The highest BCUT2D eigenvalue weighted by molar-refractivity contribution is 6.30. The number of imidazole rings is 1. The minimum absolute atomic E-state index is 0.0489. The number of nitrogen functional groups attached to an aromatic ring is 1. The van der Waals surface area contributed by atoms with Crippen molar-refractivity contribution < 1.29 is 13.2 Å². The fraction of sp³-hybridized carbons (Fsp3) is 0. The number of anilines is 1. The van der Waals surface area contributed by atoms with Crippen LogP contribution in [0.3, 0.4) is 0 Å². The highest BCUT2D eigenvalue weighted by Crippen LogP contribution is 2.28. The molecule has 0 unspecified atom stereocenters. The Morgan fingerprint density at radius 2 is 1.80 bits per heavy atom. The van der Waals surface area contributed by atoms with Gasteiger partial charge >= 0.3 is 0 Å². The van der Waals surface area contributed by atoms with Crippen molar-refractivity contribution in [3.8, 4) is 5.69 Å². The van der Waals surface area contributed by atoms with E-state index in [1.165, 1.54) is 16.7 Å². The minimum atomic E-state index is -0.821. The molecule has 0 saturated heterocycles. The number of halogens is 4. The van der Waals surface area contributed by atoms with E-state index in [1.54, 1.807) is 0 Å². The summed E-state index contributed by atoms with van der Waals surface area (Å²) in [4.78, 5) is 3.84. The lowest BCUT2D eigenvalue weighted by molar-refractivity contribution is 0.590. The van der Waals surface area contributed by atoms with Crippen LogP contribution in [0, 0.1) is 17.5 Å². The van der Waals surface area contributed by atoms with Gasteiger partial charge in [-0.2, -0.15) is 0 Å². The number of nitrogens with zero attached hydrogens (tertiary/aromatic N) is 2. The Kier molecular flexibility index (Phi) is 2.83. The number of rotatable bonds is 1. The molecule has 102 valence electrons. The van der Waals surface area contributed by atoms with Crippen LogP contribution in [0.2, 0.25) is 5.02 Å². The molecule has 3 rings (SSSR count). The first-order valence-corrected chi connectivity index (χ1v) is 5.93. The van der Waals surface area contributed by atoms with E-state index in [-0.39, 0.29) is 22.0 Å². The van der Waals surface area contributed by atoms with Gasteiger partial charge in [0.1, 0.15) is 17.2 Å². The van der Waals surface area contributed by atoms with Crippen LogP contribution < -0.4 is 5.73 Å². The second-order valence-corrected chi connectivity index (χ2v) is 4.57. The van der Waals surface area contributed by atoms with E-state index in [1.807, 2.05) is 0 Å². The highest BCUT2D eigenvalue weighted by Gasteiger charge is 2.15. The maximum Gasteiger partial charge on any atom is 0.206 e. The van der Waals surface area contributed by atoms with Crippen LogP contribution in [0.1, 0.15) is 0 Å². The molecular formula is C13H7ClF3N3. The summed E-state index contributed by atoms with van der Waals surface area (Å²) in [6.45, 7) is 0. The summed E-state index contributed by atoms with van der Waals surface area (Å²) < 4.78 is 41.5. The predicted octanol–water partition coefficient (Wildman–Crippen LogP) is 3.68. The van der Waals surface area contributed by atoms with Crippen LogP contribution in [0.25, 0.3) is 16.7 Å². The molecule has 2 aromatic carbocycles. The van der Waals surface area contributed by atoms with E-state index in [9.17, 15) is 13.2 Å². The molecule has 7 heteroatoms. The van der Waals surface area contributed by atoms with Gasteiger partial charge in [0.25, 0.3) is 0 Å². The fourth-order valence-corrected chi connectivity index (χ4v) is 2.19. The Balaban J connectivity index is 2.35. The van der Waals surface area contributed by atoms with Crippen molar-refractivity contribution in [1.29, 1.82) is 0 Å². The molecule has 0 aliphatic heterocycles. The van der Waals surface area contributed by atoms with Gasteiger partial charge in [-0.05, 0) is 18.2 Å². The van der Waals surface area contributed by atoms with Gasteiger partial charge in [-0.1, -0.05) is 11.6 Å². The molecule has 0 saturated carbocycles. The summed E-state index contributed by atoms with van der Waals surface area (Å²) in [5.74, 6) is -2.23. The Morgan fingerprint density at radius 3 is 2.50 bits per heavy atom. The van der Waals surface area contributed by atoms with Crippen molar-refractivity contribution in [2.45, 2.75) is 0 Å². The molecule has 20 heavy (non-hydrogen) atoms. The van der Waals surface area contributed by atoms with E-state index in [4.69, 9.17) is 17.3 Å². The molecule has 0 aliphatic carbocycles. The number of hydrogen-bond acceptors (Lipinski definition) is 2. The first-order valence-electron chi connectivity index (χ1n) is 5.56. The Morgan fingerprint density at radius 1 is 1.05 bits per heavy atom. The number of benzene rings is 2. The second kappa shape index (κ2) is 4.42. The molecule has 1 heterocycles.